The molecule has 0 aromatic heterocycles. The monoisotopic (exact) mass is 208 g/mol. The summed E-state index contributed by atoms with van der Waals surface area (Å²) < 4.78 is 0. The van der Waals surface area contributed by atoms with Gasteiger partial charge in [-0.05, 0) is 28.7 Å². The Labute approximate surface area is 94.2 Å². The molecule has 78 valence electrons. The molecular weight excluding hydrogens is 196 g/mol. The number of hydrogen-bond acceptors (Lipinski definition) is 1. The molecule has 3 rings (SSSR count). The van der Waals surface area contributed by atoms with Crippen LogP contribution in [0.2, 0.25) is 0 Å². The maximum absolute atomic E-state index is 7.59. The van der Waals surface area contributed by atoms with Crippen molar-refractivity contribution in [3.05, 3.63) is 59.2 Å². The highest BCUT2D eigenvalue weighted by molar-refractivity contribution is 5.99. The molecule has 2 aromatic rings. The fourth-order valence-electron chi connectivity index (χ4n) is 2.41. The minimum atomic E-state index is 0.157. The summed E-state index contributed by atoms with van der Waals surface area (Å²) in [4.78, 5) is 0. The summed E-state index contributed by atoms with van der Waals surface area (Å²) in [6.07, 6.45) is 0.890. The summed E-state index contributed by atoms with van der Waals surface area (Å²) in [6.45, 7) is 0. The van der Waals surface area contributed by atoms with Crippen LogP contribution >= 0.6 is 0 Å². The van der Waals surface area contributed by atoms with E-state index >= 15 is 0 Å². The van der Waals surface area contributed by atoms with Gasteiger partial charge in [0.15, 0.2) is 0 Å². The van der Waals surface area contributed by atoms with Crippen LogP contribution in [0.25, 0.3) is 11.1 Å². The van der Waals surface area contributed by atoms with E-state index in [1.54, 1.807) is 0 Å². The SMILES string of the molecule is N=C(N)c1cccc2c1Cc1ccccc1-2. The van der Waals surface area contributed by atoms with Crippen LogP contribution in [-0.2, 0) is 6.42 Å². The highest BCUT2D eigenvalue weighted by Crippen LogP contribution is 2.37. The molecule has 0 fully saturated rings. The van der Waals surface area contributed by atoms with Gasteiger partial charge in [0.05, 0.1) is 0 Å². The van der Waals surface area contributed by atoms with E-state index in [0.717, 1.165) is 12.0 Å². The molecule has 0 saturated carbocycles. The van der Waals surface area contributed by atoms with Crippen molar-refractivity contribution in [3.63, 3.8) is 0 Å². The smallest absolute Gasteiger partial charge is 0.123 e. The zero-order chi connectivity index (χ0) is 11.1. The van der Waals surface area contributed by atoms with Crippen LogP contribution < -0.4 is 5.73 Å². The molecule has 16 heavy (non-hydrogen) atoms. The molecule has 0 amide bonds. The van der Waals surface area contributed by atoms with Gasteiger partial charge in [-0.3, -0.25) is 5.41 Å². The van der Waals surface area contributed by atoms with E-state index < -0.39 is 0 Å². The highest BCUT2D eigenvalue weighted by atomic mass is 14.7. The van der Waals surface area contributed by atoms with Crippen LogP contribution in [0, 0.1) is 5.41 Å². The minimum absolute atomic E-state index is 0.157. The second-order valence-electron chi connectivity index (χ2n) is 4.08. The van der Waals surface area contributed by atoms with Gasteiger partial charge in [-0.25, -0.2) is 0 Å². The van der Waals surface area contributed by atoms with Gasteiger partial charge in [0.2, 0.25) is 0 Å². The van der Waals surface area contributed by atoms with Gasteiger partial charge in [0.1, 0.15) is 5.84 Å². The van der Waals surface area contributed by atoms with E-state index in [4.69, 9.17) is 11.1 Å². The molecule has 2 heteroatoms. The third-order valence-corrected chi connectivity index (χ3v) is 3.14. The maximum atomic E-state index is 7.59. The topological polar surface area (TPSA) is 49.9 Å². The standard InChI is InChI=1S/C14H12N2/c15-14(16)12-7-3-6-11-10-5-2-1-4-9(10)8-13(11)12/h1-7H,8H2,(H3,15,16). The van der Waals surface area contributed by atoms with Crippen LogP contribution in [0.1, 0.15) is 16.7 Å². The molecule has 0 radical (unpaired) electrons. The summed E-state index contributed by atoms with van der Waals surface area (Å²) in [5, 5.41) is 7.59. The van der Waals surface area contributed by atoms with Crippen molar-refractivity contribution in [3.8, 4) is 11.1 Å². The quantitative estimate of drug-likeness (QED) is 0.468. The summed E-state index contributed by atoms with van der Waals surface area (Å²) in [7, 11) is 0. The van der Waals surface area contributed by atoms with E-state index in [1.807, 2.05) is 18.2 Å². The molecule has 0 unspecified atom stereocenters. The van der Waals surface area contributed by atoms with Crippen molar-refractivity contribution in [2.24, 2.45) is 5.73 Å². The first kappa shape index (κ1) is 9.16. The Morgan fingerprint density at radius 2 is 1.75 bits per heavy atom. The molecule has 2 aromatic carbocycles. The molecular formula is C14H12N2. The fourth-order valence-corrected chi connectivity index (χ4v) is 2.41. The van der Waals surface area contributed by atoms with E-state index in [1.165, 1.54) is 22.3 Å². The lowest BCUT2D eigenvalue weighted by atomic mass is 10.0. The van der Waals surface area contributed by atoms with Crippen LogP contribution in [0.4, 0.5) is 0 Å². The van der Waals surface area contributed by atoms with Gasteiger partial charge < -0.3 is 5.73 Å². The van der Waals surface area contributed by atoms with Crippen LogP contribution in [-0.4, -0.2) is 5.84 Å². The molecule has 1 aliphatic carbocycles. The van der Waals surface area contributed by atoms with Crippen molar-refractivity contribution in [1.29, 1.82) is 5.41 Å². The summed E-state index contributed by atoms with van der Waals surface area (Å²) in [5.41, 5.74) is 11.5. The fraction of sp³-hybridized carbons (Fsp3) is 0.0714. The number of fused-ring (bicyclic) bond motifs is 3. The first-order valence-electron chi connectivity index (χ1n) is 5.32. The average Bonchev–Trinajstić information content (AvgIpc) is 2.67. The third kappa shape index (κ3) is 1.16. The van der Waals surface area contributed by atoms with Gasteiger partial charge in [0.25, 0.3) is 0 Å². The number of nitrogen functional groups attached to an aromatic ring is 1. The minimum Gasteiger partial charge on any atom is -0.384 e. The second-order valence-corrected chi connectivity index (χ2v) is 4.08. The molecule has 2 nitrogen and oxygen atoms in total. The first-order chi connectivity index (χ1) is 7.77. The first-order valence-corrected chi connectivity index (χ1v) is 5.32. The molecule has 0 saturated heterocycles. The number of nitrogens with one attached hydrogen (secondary N) is 1. The average molecular weight is 208 g/mol. The predicted molar refractivity (Wildman–Crippen MR) is 65.7 cm³/mol. The number of amidine groups is 1. The van der Waals surface area contributed by atoms with Crippen molar-refractivity contribution in [1.82, 2.24) is 0 Å². The van der Waals surface area contributed by atoms with Gasteiger partial charge in [0, 0.05) is 5.56 Å². The largest absolute Gasteiger partial charge is 0.384 e. The maximum Gasteiger partial charge on any atom is 0.123 e. The van der Waals surface area contributed by atoms with Gasteiger partial charge in [-0.1, -0.05) is 42.5 Å². The molecule has 0 aliphatic heterocycles. The van der Waals surface area contributed by atoms with Gasteiger partial charge in [-0.2, -0.15) is 0 Å². The second kappa shape index (κ2) is 3.20. The van der Waals surface area contributed by atoms with E-state index in [2.05, 4.69) is 24.3 Å². The Hall–Kier alpha value is -2.09. The lowest BCUT2D eigenvalue weighted by Crippen LogP contribution is -2.13. The highest BCUT2D eigenvalue weighted by Gasteiger charge is 2.20. The zero-order valence-electron chi connectivity index (χ0n) is 8.83. The number of nitrogens with two attached hydrogens (primary N) is 1. The van der Waals surface area contributed by atoms with Gasteiger partial charge >= 0.3 is 0 Å². The summed E-state index contributed by atoms with van der Waals surface area (Å²) in [5.74, 6) is 0.157. The molecule has 0 bridgehead atoms. The van der Waals surface area contributed by atoms with Crippen molar-refractivity contribution >= 4 is 5.84 Å². The zero-order valence-corrected chi connectivity index (χ0v) is 8.83. The van der Waals surface area contributed by atoms with Crippen molar-refractivity contribution in [2.75, 3.05) is 0 Å². The normalized spacial score (nSPS) is 12.0. The molecule has 1 aliphatic rings. The third-order valence-electron chi connectivity index (χ3n) is 3.14. The van der Waals surface area contributed by atoms with Crippen LogP contribution in [0.15, 0.2) is 42.5 Å². The lowest BCUT2D eigenvalue weighted by Gasteiger charge is -2.05. The van der Waals surface area contributed by atoms with E-state index in [0.29, 0.717) is 0 Å². The summed E-state index contributed by atoms with van der Waals surface area (Å²) in [6, 6.07) is 14.4. The molecule has 3 N–H and O–H groups in total. The van der Waals surface area contributed by atoms with Crippen molar-refractivity contribution < 1.29 is 0 Å². The Kier molecular flexibility index (Phi) is 1.83. The molecule has 0 spiro atoms. The van der Waals surface area contributed by atoms with E-state index in [9.17, 15) is 0 Å². The van der Waals surface area contributed by atoms with Crippen molar-refractivity contribution in [2.45, 2.75) is 6.42 Å². The number of rotatable bonds is 1. The predicted octanol–water partition coefficient (Wildman–Crippen LogP) is 2.54. The van der Waals surface area contributed by atoms with Gasteiger partial charge in [-0.15, -0.1) is 0 Å². The van der Waals surface area contributed by atoms with Crippen LogP contribution in [0.5, 0.6) is 0 Å². The lowest BCUT2D eigenvalue weighted by molar-refractivity contribution is 1.24. The number of hydrogen-bond donors (Lipinski definition) is 2. The Morgan fingerprint density at radius 1 is 1.00 bits per heavy atom. The number of benzene rings is 2. The Balaban J connectivity index is 2.28. The molecule has 0 heterocycles. The Morgan fingerprint density at radius 3 is 2.56 bits per heavy atom. The van der Waals surface area contributed by atoms with Crippen LogP contribution in [0.3, 0.4) is 0 Å². The Bertz CT molecular complexity index is 585. The molecule has 0 atom stereocenters. The van der Waals surface area contributed by atoms with E-state index in [-0.39, 0.29) is 5.84 Å². The summed E-state index contributed by atoms with van der Waals surface area (Å²) >= 11 is 0.